The summed E-state index contributed by atoms with van der Waals surface area (Å²) in [7, 11) is 3.99. The summed E-state index contributed by atoms with van der Waals surface area (Å²) >= 11 is 0. The third-order valence-corrected chi connectivity index (χ3v) is 2.39. The SMILES string of the molecule is CN(C)CCNc1nc2ccccc2[n+](=O)[nH]1. The van der Waals surface area contributed by atoms with Gasteiger partial charge in [-0.3, -0.25) is 0 Å². The van der Waals surface area contributed by atoms with Crippen LogP contribution >= 0.6 is 0 Å². The van der Waals surface area contributed by atoms with E-state index in [0.717, 1.165) is 17.6 Å². The minimum atomic E-state index is 0.487. The maximum absolute atomic E-state index is 11.7. The Morgan fingerprint density at radius 3 is 2.94 bits per heavy atom. The van der Waals surface area contributed by atoms with E-state index in [0.29, 0.717) is 17.0 Å². The summed E-state index contributed by atoms with van der Waals surface area (Å²) in [6.45, 7) is 1.61. The van der Waals surface area contributed by atoms with Crippen molar-refractivity contribution in [1.29, 1.82) is 0 Å². The largest absolute Gasteiger partial charge is 0.350 e. The van der Waals surface area contributed by atoms with Crippen molar-refractivity contribution in [2.45, 2.75) is 0 Å². The molecule has 0 radical (unpaired) electrons. The van der Waals surface area contributed by atoms with Gasteiger partial charge in [0, 0.05) is 19.2 Å². The molecule has 2 aromatic rings. The molecule has 0 saturated carbocycles. The van der Waals surface area contributed by atoms with Crippen LogP contribution in [0.25, 0.3) is 11.0 Å². The van der Waals surface area contributed by atoms with Gasteiger partial charge in [0.25, 0.3) is 5.95 Å². The molecule has 6 heteroatoms. The zero-order chi connectivity index (χ0) is 12.3. The predicted molar refractivity (Wildman–Crippen MR) is 66.5 cm³/mol. The molecular weight excluding hydrogens is 218 g/mol. The minimum Gasteiger partial charge on any atom is -0.350 e. The molecule has 1 heterocycles. The van der Waals surface area contributed by atoms with Gasteiger partial charge in [0.15, 0.2) is 4.54 Å². The number of para-hydroxylation sites is 2. The van der Waals surface area contributed by atoms with Gasteiger partial charge in [-0.15, -0.1) is 0 Å². The van der Waals surface area contributed by atoms with Gasteiger partial charge in [0.05, 0.1) is 4.91 Å². The van der Waals surface area contributed by atoms with E-state index in [1.807, 2.05) is 32.3 Å². The fourth-order valence-corrected chi connectivity index (χ4v) is 1.51. The average molecular weight is 234 g/mol. The molecule has 2 N–H and O–H groups in total. The van der Waals surface area contributed by atoms with Gasteiger partial charge in [-0.05, 0) is 20.2 Å². The molecule has 90 valence electrons. The van der Waals surface area contributed by atoms with Gasteiger partial charge >= 0.3 is 5.52 Å². The summed E-state index contributed by atoms with van der Waals surface area (Å²) in [5, 5.41) is 5.72. The van der Waals surface area contributed by atoms with Gasteiger partial charge < -0.3 is 10.2 Å². The van der Waals surface area contributed by atoms with E-state index in [-0.39, 0.29) is 0 Å². The van der Waals surface area contributed by atoms with Crippen molar-refractivity contribution in [3.63, 3.8) is 0 Å². The van der Waals surface area contributed by atoms with E-state index >= 15 is 0 Å². The summed E-state index contributed by atoms with van der Waals surface area (Å²) in [5.74, 6) is 0.487. The number of aromatic nitrogens is 3. The molecule has 2 rings (SSSR count). The number of rotatable bonds is 4. The van der Waals surface area contributed by atoms with Crippen LogP contribution in [0.4, 0.5) is 5.95 Å². The Balaban J connectivity index is 2.22. The number of hydrogen-bond donors (Lipinski definition) is 2. The molecule has 0 aliphatic rings. The molecule has 1 aromatic carbocycles. The summed E-state index contributed by atoms with van der Waals surface area (Å²) in [6.07, 6.45) is 0. The van der Waals surface area contributed by atoms with E-state index < -0.39 is 0 Å². The number of H-pyrrole nitrogens is 1. The normalized spacial score (nSPS) is 11.0. The predicted octanol–water partition coefficient (Wildman–Crippen LogP) is 0.451. The van der Waals surface area contributed by atoms with Crippen molar-refractivity contribution in [1.82, 2.24) is 15.0 Å². The summed E-state index contributed by atoms with van der Waals surface area (Å²) in [4.78, 5) is 18.0. The first-order valence-electron chi connectivity index (χ1n) is 5.47. The highest BCUT2D eigenvalue weighted by Crippen LogP contribution is 2.06. The van der Waals surface area contributed by atoms with Crippen molar-refractivity contribution in [3.05, 3.63) is 29.2 Å². The van der Waals surface area contributed by atoms with E-state index in [1.165, 1.54) is 0 Å². The van der Waals surface area contributed by atoms with Gasteiger partial charge in [-0.25, -0.2) is 4.98 Å². The number of anilines is 1. The Hall–Kier alpha value is -1.95. The van der Waals surface area contributed by atoms with Crippen LogP contribution in [0.1, 0.15) is 0 Å². The molecule has 0 unspecified atom stereocenters. The first-order valence-corrected chi connectivity index (χ1v) is 5.47. The number of benzene rings is 1. The third kappa shape index (κ3) is 2.79. The smallest absolute Gasteiger partial charge is 0.317 e. The number of fused-ring (bicyclic) bond motifs is 1. The monoisotopic (exact) mass is 234 g/mol. The Bertz CT molecular complexity index is 563. The molecule has 0 amide bonds. The number of likely N-dealkylation sites (N-methyl/N-ethyl adjacent to an activating group) is 1. The Morgan fingerprint density at radius 1 is 1.41 bits per heavy atom. The van der Waals surface area contributed by atoms with Gasteiger partial charge in [0.1, 0.15) is 5.52 Å². The van der Waals surface area contributed by atoms with E-state index in [4.69, 9.17) is 0 Å². The Kier molecular flexibility index (Phi) is 3.34. The lowest BCUT2D eigenvalue weighted by Crippen LogP contribution is -2.26. The molecular formula is C11H16N5O+. The van der Waals surface area contributed by atoms with Gasteiger partial charge in [-0.1, -0.05) is 17.2 Å². The maximum Gasteiger partial charge on any atom is 0.317 e. The van der Waals surface area contributed by atoms with Crippen LogP contribution in [-0.4, -0.2) is 42.2 Å². The summed E-state index contributed by atoms with van der Waals surface area (Å²) < 4.78 is 0.723. The lowest BCUT2D eigenvalue weighted by atomic mass is 10.3. The highest BCUT2D eigenvalue weighted by atomic mass is 16.3. The maximum atomic E-state index is 11.7. The van der Waals surface area contributed by atoms with Crippen molar-refractivity contribution < 1.29 is 4.54 Å². The fraction of sp³-hybridized carbons (Fsp3) is 0.364. The van der Waals surface area contributed by atoms with Crippen molar-refractivity contribution >= 4 is 17.0 Å². The van der Waals surface area contributed by atoms with Crippen LogP contribution in [0.2, 0.25) is 0 Å². The molecule has 0 bridgehead atoms. The van der Waals surface area contributed by atoms with Crippen molar-refractivity contribution in [2.75, 3.05) is 32.5 Å². The molecule has 0 saturated heterocycles. The van der Waals surface area contributed by atoms with Crippen LogP contribution in [0.5, 0.6) is 0 Å². The lowest BCUT2D eigenvalue weighted by molar-refractivity contribution is -0.535. The zero-order valence-electron chi connectivity index (χ0n) is 9.97. The summed E-state index contributed by atoms with van der Waals surface area (Å²) in [6, 6.07) is 7.22. The van der Waals surface area contributed by atoms with Crippen LogP contribution < -0.4 is 9.86 Å². The number of nitrogens with zero attached hydrogens (tertiary/aromatic N) is 3. The number of nitrogens with one attached hydrogen (secondary N) is 2. The number of hydrogen-bond acceptors (Lipinski definition) is 4. The van der Waals surface area contributed by atoms with Crippen molar-refractivity contribution in [3.8, 4) is 0 Å². The molecule has 0 aliphatic carbocycles. The molecule has 0 aliphatic heterocycles. The zero-order valence-corrected chi connectivity index (χ0v) is 9.97. The second-order valence-corrected chi connectivity index (χ2v) is 4.09. The molecule has 0 atom stereocenters. The highest BCUT2D eigenvalue weighted by Gasteiger charge is 2.09. The second-order valence-electron chi connectivity index (χ2n) is 4.09. The molecule has 0 fully saturated rings. The molecule has 1 aromatic heterocycles. The quantitative estimate of drug-likeness (QED) is 0.754. The average Bonchev–Trinajstić information content (AvgIpc) is 2.28. The lowest BCUT2D eigenvalue weighted by Gasteiger charge is -2.09. The van der Waals surface area contributed by atoms with E-state index in [2.05, 4.69) is 20.3 Å². The standard InChI is InChI=1S/C11H16N5O/c1-15(2)8-7-12-11-13-9-5-3-4-6-10(9)16(17)14-11/h3-6H,7-8H2,1-2H3,(H2,12,13,14,17)/q+1. The van der Waals surface area contributed by atoms with Crippen LogP contribution in [0.15, 0.2) is 24.3 Å². The third-order valence-electron chi connectivity index (χ3n) is 2.39. The Morgan fingerprint density at radius 2 is 2.18 bits per heavy atom. The molecule has 6 nitrogen and oxygen atoms in total. The first kappa shape index (κ1) is 11.5. The molecule has 0 spiro atoms. The second kappa shape index (κ2) is 4.92. The topological polar surface area (TPSA) is 66.9 Å². The summed E-state index contributed by atoms with van der Waals surface area (Å²) in [5.41, 5.74) is 1.21. The fourth-order valence-electron chi connectivity index (χ4n) is 1.51. The van der Waals surface area contributed by atoms with E-state index in [9.17, 15) is 4.91 Å². The van der Waals surface area contributed by atoms with Crippen LogP contribution in [0.3, 0.4) is 0 Å². The van der Waals surface area contributed by atoms with Gasteiger partial charge in [-0.2, -0.15) is 0 Å². The minimum absolute atomic E-state index is 0.487. The highest BCUT2D eigenvalue weighted by molar-refractivity contribution is 5.70. The Labute approximate surface area is 98.9 Å². The number of aromatic amines is 1. The molecule has 17 heavy (non-hydrogen) atoms. The van der Waals surface area contributed by atoms with Crippen molar-refractivity contribution in [2.24, 2.45) is 0 Å². The van der Waals surface area contributed by atoms with Gasteiger partial charge in [0.2, 0.25) is 0 Å². The van der Waals surface area contributed by atoms with Crippen LogP contribution in [0, 0.1) is 4.91 Å². The first-order chi connectivity index (χ1) is 8.16. The van der Waals surface area contributed by atoms with E-state index in [1.54, 1.807) is 6.07 Å². The van der Waals surface area contributed by atoms with Crippen LogP contribution in [-0.2, 0) is 0 Å².